The quantitative estimate of drug-likeness (QED) is 0.813. The maximum absolute atomic E-state index is 12.6. The van der Waals surface area contributed by atoms with Crippen LogP contribution in [-0.2, 0) is 9.53 Å². The number of carbonyl (C=O) groups excluding carboxylic acids is 1. The largest absolute Gasteiger partial charge is 0.481 e. The number of aliphatic carboxylic acids is 1. The van der Waals surface area contributed by atoms with E-state index in [2.05, 4.69) is 20.9 Å². The fraction of sp³-hybridized carbons (Fsp3) is 0.500. The topological polar surface area (TPSA) is 79.7 Å². The number of aromatic nitrogens is 1. The van der Waals surface area contributed by atoms with Crippen molar-refractivity contribution in [1.82, 2.24) is 9.88 Å². The first-order valence-corrected chi connectivity index (χ1v) is 7.58. The van der Waals surface area contributed by atoms with Crippen molar-refractivity contribution in [3.05, 3.63) is 28.5 Å². The van der Waals surface area contributed by atoms with E-state index in [0.717, 1.165) is 6.42 Å². The number of halogens is 1. The van der Waals surface area contributed by atoms with E-state index >= 15 is 0 Å². The third-order valence-electron chi connectivity index (χ3n) is 3.43. The lowest BCUT2D eigenvalue weighted by Gasteiger charge is -2.30. The standard InChI is InChI=1S/C14H17BrN2O4/c1-2-6-17(11-8-21-7-9(11)14(19)20)13(18)10-4-3-5-12(15)16-10/h3-5,9,11H,2,6-8H2,1H3,(H,19,20). The Labute approximate surface area is 131 Å². The van der Waals surface area contributed by atoms with Crippen LogP contribution in [0, 0.1) is 5.92 Å². The molecule has 2 rings (SSSR count). The minimum atomic E-state index is -0.936. The molecule has 0 bridgehead atoms. The van der Waals surface area contributed by atoms with Crippen molar-refractivity contribution in [3.63, 3.8) is 0 Å². The summed E-state index contributed by atoms with van der Waals surface area (Å²) >= 11 is 3.24. The summed E-state index contributed by atoms with van der Waals surface area (Å²) in [6, 6.07) is 4.64. The molecule has 21 heavy (non-hydrogen) atoms. The first-order chi connectivity index (χ1) is 10.0. The molecule has 0 aromatic carbocycles. The second kappa shape index (κ2) is 7.00. The highest BCUT2D eigenvalue weighted by molar-refractivity contribution is 9.10. The molecule has 1 aromatic rings. The van der Waals surface area contributed by atoms with Crippen LogP contribution >= 0.6 is 15.9 Å². The third-order valence-corrected chi connectivity index (χ3v) is 3.87. The number of ether oxygens (including phenoxy) is 1. The first-order valence-electron chi connectivity index (χ1n) is 6.78. The second-order valence-corrected chi connectivity index (χ2v) is 5.71. The van der Waals surface area contributed by atoms with Gasteiger partial charge in [0.15, 0.2) is 0 Å². The summed E-state index contributed by atoms with van der Waals surface area (Å²) in [6.45, 7) is 2.81. The average Bonchev–Trinajstić information content (AvgIpc) is 2.93. The minimum absolute atomic E-state index is 0.138. The number of carboxylic acids is 1. The minimum Gasteiger partial charge on any atom is -0.481 e. The summed E-state index contributed by atoms with van der Waals surface area (Å²) < 4.78 is 5.84. The molecule has 0 radical (unpaired) electrons. The molecule has 1 saturated heterocycles. The fourth-order valence-electron chi connectivity index (χ4n) is 2.42. The van der Waals surface area contributed by atoms with Gasteiger partial charge in [-0.05, 0) is 34.5 Å². The highest BCUT2D eigenvalue weighted by Gasteiger charge is 2.40. The number of amides is 1. The van der Waals surface area contributed by atoms with Crippen molar-refractivity contribution >= 4 is 27.8 Å². The van der Waals surface area contributed by atoms with Crippen molar-refractivity contribution < 1.29 is 19.4 Å². The van der Waals surface area contributed by atoms with Gasteiger partial charge in [-0.1, -0.05) is 13.0 Å². The van der Waals surface area contributed by atoms with Gasteiger partial charge in [-0.25, -0.2) is 4.98 Å². The molecule has 1 aliphatic heterocycles. The fourth-order valence-corrected chi connectivity index (χ4v) is 2.76. The van der Waals surface area contributed by atoms with E-state index in [4.69, 9.17) is 4.74 Å². The molecule has 0 saturated carbocycles. The number of nitrogens with zero attached hydrogens (tertiary/aromatic N) is 2. The number of carbonyl (C=O) groups is 2. The zero-order valence-corrected chi connectivity index (χ0v) is 13.2. The van der Waals surface area contributed by atoms with Crippen LogP contribution in [0.4, 0.5) is 0 Å². The van der Waals surface area contributed by atoms with Crippen LogP contribution in [0.25, 0.3) is 0 Å². The Bertz CT molecular complexity index is 537. The molecule has 0 spiro atoms. The average molecular weight is 357 g/mol. The molecule has 2 unspecified atom stereocenters. The molecule has 1 N–H and O–H groups in total. The lowest BCUT2D eigenvalue weighted by atomic mass is 10.0. The Morgan fingerprint density at radius 3 is 2.86 bits per heavy atom. The normalized spacial score (nSPS) is 21.2. The molecule has 1 amide bonds. The van der Waals surface area contributed by atoms with E-state index in [0.29, 0.717) is 16.8 Å². The molecule has 2 atom stereocenters. The third kappa shape index (κ3) is 3.59. The van der Waals surface area contributed by atoms with Crippen LogP contribution < -0.4 is 0 Å². The van der Waals surface area contributed by atoms with Gasteiger partial charge < -0.3 is 14.7 Å². The molecule has 114 valence electrons. The van der Waals surface area contributed by atoms with Gasteiger partial charge in [0.25, 0.3) is 5.91 Å². The molecular formula is C14H17BrN2O4. The van der Waals surface area contributed by atoms with Gasteiger partial charge in [-0.15, -0.1) is 0 Å². The van der Waals surface area contributed by atoms with E-state index in [-0.39, 0.29) is 19.1 Å². The summed E-state index contributed by atoms with van der Waals surface area (Å²) in [5.74, 6) is -1.89. The molecule has 0 aliphatic carbocycles. The summed E-state index contributed by atoms with van der Waals surface area (Å²) in [5, 5.41) is 9.26. The molecule has 1 fully saturated rings. The number of carboxylic acid groups (broad SMARTS) is 1. The van der Waals surface area contributed by atoms with Gasteiger partial charge in [0.1, 0.15) is 16.2 Å². The van der Waals surface area contributed by atoms with Gasteiger partial charge in [-0.3, -0.25) is 9.59 Å². The molecule has 1 aliphatic rings. The van der Waals surface area contributed by atoms with Crippen molar-refractivity contribution in [3.8, 4) is 0 Å². The highest BCUT2D eigenvalue weighted by atomic mass is 79.9. The number of rotatable bonds is 5. The molecular weight excluding hydrogens is 340 g/mol. The van der Waals surface area contributed by atoms with Crippen molar-refractivity contribution in [2.45, 2.75) is 19.4 Å². The monoisotopic (exact) mass is 356 g/mol. The Balaban J connectivity index is 2.26. The Kier molecular flexibility index (Phi) is 5.30. The van der Waals surface area contributed by atoms with Crippen LogP contribution in [-0.4, -0.2) is 52.7 Å². The lowest BCUT2D eigenvalue weighted by molar-refractivity contribution is -0.142. The number of hydrogen-bond donors (Lipinski definition) is 1. The summed E-state index contributed by atoms with van der Waals surface area (Å²) in [7, 11) is 0. The smallest absolute Gasteiger partial charge is 0.311 e. The van der Waals surface area contributed by atoms with E-state index in [9.17, 15) is 14.7 Å². The lowest BCUT2D eigenvalue weighted by Crippen LogP contribution is -2.47. The second-order valence-electron chi connectivity index (χ2n) is 4.89. The maximum Gasteiger partial charge on any atom is 0.311 e. The summed E-state index contributed by atoms with van der Waals surface area (Å²) in [4.78, 5) is 29.7. The van der Waals surface area contributed by atoms with Gasteiger partial charge in [0.05, 0.1) is 19.3 Å². The number of hydrogen-bond acceptors (Lipinski definition) is 4. The van der Waals surface area contributed by atoms with E-state index in [1.165, 1.54) is 0 Å². The Morgan fingerprint density at radius 1 is 1.48 bits per heavy atom. The van der Waals surface area contributed by atoms with Crippen molar-refractivity contribution in [2.24, 2.45) is 5.92 Å². The highest BCUT2D eigenvalue weighted by Crippen LogP contribution is 2.22. The van der Waals surface area contributed by atoms with Crippen LogP contribution in [0.1, 0.15) is 23.8 Å². The van der Waals surface area contributed by atoms with Crippen LogP contribution in [0.3, 0.4) is 0 Å². The Hall–Kier alpha value is -1.47. The summed E-state index contributed by atoms with van der Waals surface area (Å²) in [5.41, 5.74) is 0.300. The van der Waals surface area contributed by atoms with Gasteiger partial charge in [0.2, 0.25) is 0 Å². The zero-order valence-electron chi connectivity index (χ0n) is 11.7. The molecule has 2 heterocycles. The van der Waals surface area contributed by atoms with Crippen molar-refractivity contribution in [2.75, 3.05) is 19.8 Å². The summed E-state index contributed by atoms with van der Waals surface area (Å²) in [6.07, 6.45) is 0.739. The van der Waals surface area contributed by atoms with Gasteiger partial charge >= 0.3 is 5.97 Å². The van der Waals surface area contributed by atoms with Crippen LogP contribution in [0.2, 0.25) is 0 Å². The molecule has 1 aromatic heterocycles. The number of pyridine rings is 1. The van der Waals surface area contributed by atoms with Crippen LogP contribution in [0.5, 0.6) is 0 Å². The Morgan fingerprint density at radius 2 is 2.24 bits per heavy atom. The molecule has 6 nitrogen and oxygen atoms in total. The maximum atomic E-state index is 12.6. The first kappa shape index (κ1) is 15.9. The van der Waals surface area contributed by atoms with E-state index in [1.54, 1.807) is 23.1 Å². The van der Waals surface area contributed by atoms with E-state index in [1.807, 2.05) is 6.92 Å². The zero-order chi connectivity index (χ0) is 15.4. The van der Waals surface area contributed by atoms with E-state index < -0.39 is 17.9 Å². The molecule has 7 heteroatoms. The van der Waals surface area contributed by atoms with Crippen LogP contribution in [0.15, 0.2) is 22.8 Å². The van der Waals surface area contributed by atoms with Crippen molar-refractivity contribution in [1.29, 1.82) is 0 Å². The predicted molar refractivity (Wildman–Crippen MR) is 79.0 cm³/mol. The SMILES string of the molecule is CCCN(C(=O)c1cccc(Br)n1)C1COCC1C(=O)O. The predicted octanol–water partition coefficient (Wildman–Crippen LogP) is 1.80. The van der Waals surface area contributed by atoms with Gasteiger partial charge in [-0.2, -0.15) is 0 Å². The van der Waals surface area contributed by atoms with Gasteiger partial charge in [0, 0.05) is 6.54 Å².